The number of methoxy groups -OCH3 is 3. The van der Waals surface area contributed by atoms with E-state index in [0.717, 1.165) is 0 Å². The molecule has 0 spiro atoms. The van der Waals surface area contributed by atoms with Gasteiger partial charge in [-0.2, -0.15) is 0 Å². The molecule has 1 aromatic carbocycles. The monoisotopic (exact) mass is 277 g/mol. The van der Waals surface area contributed by atoms with Crippen LogP contribution >= 0.6 is 0 Å². The summed E-state index contributed by atoms with van der Waals surface area (Å²) in [4.78, 5) is 26.7. The fourth-order valence-electron chi connectivity index (χ4n) is 1.29. The third-order valence-corrected chi connectivity index (χ3v) is 2.37. The molecule has 0 aliphatic rings. The van der Waals surface area contributed by atoms with Gasteiger partial charge in [-0.15, -0.1) is 0 Å². The highest BCUT2D eigenvalue weighted by molar-refractivity contribution is 6.02. The summed E-state index contributed by atoms with van der Waals surface area (Å²) >= 11 is 0. The number of ether oxygens (including phenoxy) is 3. The first-order valence-electron chi connectivity index (χ1n) is 5.72. The minimum Gasteiger partial charge on any atom is -0.497 e. The van der Waals surface area contributed by atoms with Crippen LogP contribution in [0.15, 0.2) is 34.8 Å². The average molecular weight is 277 g/mol. The van der Waals surface area contributed by atoms with E-state index in [1.54, 1.807) is 31.4 Å². The van der Waals surface area contributed by atoms with Gasteiger partial charge in [-0.25, -0.2) is 9.79 Å². The fraction of sp³-hybridized carbons (Fsp3) is 0.286. The van der Waals surface area contributed by atoms with Crippen LogP contribution in [0.3, 0.4) is 0 Å². The molecule has 0 N–H and O–H groups in total. The van der Waals surface area contributed by atoms with Crippen molar-refractivity contribution < 1.29 is 23.8 Å². The summed E-state index contributed by atoms with van der Waals surface area (Å²) in [6, 6.07) is 6.83. The van der Waals surface area contributed by atoms with Crippen molar-refractivity contribution in [2.45, 2.75) is 6.42 Å². The zero-order valence-electron chi connectivity index (χ0n) is 11.5. The van der Waals surface area contributed by atoms with Gasteiger partial charge in [-0.3, -0.25) is 4.79 Å². The SMILES string of the molecule is COC(=O)CC(=C=Nc1ccc(OC)cc1)C(=O)OC. The van der Waals surface area contributed by atoms with Gasteiger partial charge < -0.3 is 14.2 Å². The number of carbonyl (C=O) groups is 2. The van der Waals surface area contributed by atoms with Gasteiger partial charge >= 0.3 is 11.9 Å². The van der Waals surface area contributed by atoms with Crippen LogP contribution in [0.25, 0.3) is 0 Å². The normalized spacial score (nSPS) is 9.15. The Bertz CT molecular complexity index is 541. The summed E-state index contributed by atoms with van der Waals surface area (Å²) in [5.41, 5.74) is 0.562. The second-order valence-electron chi connectivity index (χ2n) is 3.64. The summed E-state index contributed by atoms with van der Waals surface area (Å²) in [6.07, 6.45) is -0.247. The van der Waals surface area contributed by atoms with Gasteiger partial charge in [0.2, 0.25) is 0 Å². The Balaban J connectivity index is 3.00. The predicted octanol–water partition coefficient (Wildman–Crippen LogP) is 1.66. The molecule has 0 saturated carbocycles. The number of esters is 2. The molecule has 20 heavy (non-hydrogen) atoms. The molecule has 0 atom stereocenters. The average Bonchev–Trinajstić information content (AvgIpc) is 2.50. The molecule has 0 heterocycles. The summed E-state index contributed by atoms with van der Waals surface area (Å²) in [5.74, 6) is 1.97. The summed E-state index contributed by atoms with van der Waals surface area (Å²) < 4.78 is 14.1. The summed E-state index contributed by atoms with van der Waals surface area (Å²) in [5, 5.41) is 0. The Labute approximate surface area is 116 Å². The Morgan fingerprint density at radius 1 is 1.10 bits per heavy atom. The molecule has 6 heteroatoms. The molecule has 0 radical (unpaired) electrons. The first-order chi connectivity index (χ1) is 9.60. The lowest BCUT2D eigenvalue weighted by molar-refractivity contribution is -0.143. The molecule has 0 saturated heterocycles. The molecule has 0 unspecified atom stereocenters. The van der Waals surface area contributed by atoms with Gasteiger partial charge in [0, 0.05) is 0 Å². The van der Waals surface area contributed by atoms with Crippen molar-refractivity contribution in [2.75, 3.05) is 21.3 Å². The van der Waals surface area contributed by atoms with E-state index in [4.69, 9.17) is 4.74 Å². The Morgan fingerprint density at radius 2 is 1.75 bits per heavy atom. The van der Waals surface area contributed by atoms with E-state index < -0.39 is 11.9 Å². The van der Waals surface area contributed by atoms with Gasteiger partial charge in [-0.1, -0.05) is 0 Å². The number of benzene rings is 1. The van der Waals surface area contributed by atoms with Crippen LogP contribution in [0.2, 0.25) is 0 Å². The van der Waals surface area contributed by atoms with E-state index >= 15 is 0 Å². The first kappa shape index (κ1) is 15.5. The van der Waals surface area contributed by atoms with Crippen molar-refractivity contribution in [3.05, 3.63) is 29.8 Å². The van der Waals surface area contributed by atoms with Crippen LogP contribution in [0.1, 0.15) is 6.42 Å². The molecule has 0 amide bonds. The Morgan fingerprint density at radius 3 is 2.25 bits per heavy atom. The minimum atomic E-state index is -0.673. The maximum atomic E-state index is 11.5. The maximum Gasteiger partial charge on any atom is 0.343 e. The maximum absolute atomic E-state index is 11.5. The molecule has 0 bridgehead atoms. The Hall–Kier alpha value is -2.59. The quantitative estimate of drug-likeness (QED) is 0.465. The third-order valence-electron chi connectivity index (χ3n) is 2.37. The lowest BCUT2D eigenvalue weighted by Crippen LogP contribution is -2.11. The van der Waals surface area contributed by atoms with E-state index in [2.05, 4.69) is 20.3 Å². The standard InChI is InChI=1S/C14H15NO5/c1-18-12-6-4-11(5-7-12)15-9-10(14(17)20-3)8-13(16)19-2/h4-7H,8H2,1-3H3. The zero-order valence-corrected chi connectivity index (χ0v) is 11.5. The largest absolute Gasteiger partial charge is 0.497 e. The topological polar surface area (TPSA) is 74.2 Å². The molecule has 0 fully saturated rings. The number of aliphatic imine (C=N–C) groups is 1. The summed E-state index contributed by atoms with van der Waals surface area (Å²) in [7, 11) is 4.01. The van der Waals surface area contributed by atoms with Crippen LogP contribution in [0.5, 0.6) is 5.75 Å². The lowest BCUT2D eigenvalue weighted by Gasteiger charge is -2.01. The van der Waals surface area contributed by atoms with Crippen molar-refractivity contribution in [1.29, 1.82) is 0 Å². The van der Waals surface area contributed by atoms with Crippen molar-refractivity contribution in [1.82, 2.24) is 0 Å². The predicted molar refractivity (Wildman–Crippen MR) is 72.3 cm³/mol. The fourth-order valence-corrected chi connectivity index (χ4v) is 1.29. The highest BCUT2D eigenvalue weighted by Gasteiger charge is 2.14. The van der Waals surface area contributed by atoms with Crippen molar-refractivity contribution in [3.8, 4) is 5.75 Å². The van der Waals surface area contributed by atoms with Crippen molar-refractivity contribution in [2.24, 2.45) is 4.99 Å². The third kappa shape index (κ3) is 4.59. The smallest absolute Gasteiger partial charge is 0.343 e. The number of nitrogens with zero attached hydrogens (tertiary/aromatic N) is 1. The number of carbonyl (C=O) groups excluding carboxylic acids is 2. The number of rotatable bonds is 5. The second kappa shape index (κ2) is 7.76. The Kier molecular flexibility index (Phi) is 6.00. The highest BCUT2D eigenvalue weighted by atomic mass is 16.5. The second-order valence-corrected chi connectivity index (χ2v) is 3.64. The van der Waals surface area contributed by atoms with Crippen LogP contribution in [-0.4, -0.2) is 39.1 Å². The number of hydrogen-bond donors (Lipinski definition) is 0. The van der Waals surface area contributed by atoms with Crippen molar-refractivity contribution >= 4 is 23.5 Å². The lowest BCUT2D eigenvalue weighted by atomic mass is 10.2. The van der Waals surface area contributed by atoms with Crippen LogP contribution in [0, 0.1) is 0 Å². The van der Waals surface area contributed by atoms with E-state index in [1.165, 1.54) is 14.2 Å². The molecular weight excluding hydrogens is 262 g/mol. The zero-order chi connectivity index (χ0) is 15.0. The molecule has 106 valence electrons. The molecule has 1 aromatic rings. The van der Waals surface area contributed by atoms with E-state index in [9.17, 15) is 9.59 Å². The highest BCUT2D eigenvalue weighted by Crippen LogP contribution is 2.17. The molecule has 6 nitrogen and oxygen atoms in total. The van der Waals surface area contributed by atoms with E-state index in [1.807, 2.05) is 0 Å². The molecule has 0 aliphatic carbocycles. The van der Waals surface area contributed by atoms with Gasteiger partial charge in [-0.05, 0) is 30.1 Å². The van der Waals surface area contributed by atoms with Crippen LogP contribution in [-0.2, 0) is 19.1 Å². The van der Waals surface area contributed by atoms with Crippen LogP contribution < -0.4 is 4.74 Å². The van der Waals surface area contributed by atoms with E-state index in [-0.39, 0.29) is 12.0 Å². The molecule has 1 rings (SSSR count). The van der Waals surface area contributed by atoms with E-state index in [0.29, 0.717) is 11.4 Å². The minimum absolute atomic E-state index is 0.00447. The van der Waals surface area contributed by atoms with Gasteiger partial charge in [0.1, 0.15) is 11.3 Å². The molecular formula is C14H15NO5. The molecule has 0 aromatic heterocycles. The van der Waals surface area contributed by atoms with Gasteiger partial charge in [0.25, 0.3) is 0 Å². The number of hydrogen-bond acceptors (Lipinski definition) is 6. The van der Waals surface area contributed by atoms with Crippen LogP contribution in [0.4, 0.5) is 5.69 Å². The van der Waals surface area contributed by atoms with Crippen molar-refractivity contribution in [3.63, 3.8) is 0 Å². The van der Waals surface area contributed by atoms with Gasteiger partial charge in [0.05, 0.1) is 33.4 Å². The first-order valence-corrected chi connectivity index (χ1v) is 5.72. The molecule has 0 aliphatic heterocycles. The van der Waals surface area contributed by atoms with Gasteiger partial charge in [0.15, 0.2) is 0 Å². The summed E-state index contributed by atoms with van der Waals surface area (Å²) in [6.45, 7) is 0.